The van der Waals surface area contributed by atoms with Gasteiger partial charge in [-0.15, -0.1) is 12.4 Å². The smallest absolute Gasteiger partial charge is 0.231 e. The number of hydrogen-bond donors (Lipinski definition) is 1. The molecule has 1 aromatic heterocycles. The molecular weight excluding hydrogens is 238 g/mol. The van der Waals surface area contributed by atoms with Gasteiger partial charge >= 0.3 is 0 Å². The Morgan fingerprint density at radius 1 is 1.35 bits per heavy atom. The summed E-state index contributed by atoms with van der Waals surface area (Å²) in [5.74, 6) is 0.450. The lowest BCUT2D eigenvalue weighted by atomic mass is 9.94. The van der Waals surface area contributed by atoms with E-state index in [4.69, 9.17) is 15.7 Å². The van der Waals surface area contributed by atoms with E-state index in [-0.39, 0.29) is 18.5 Å². The van der Waals surface area contributed by atoms with Crippen LogP contribution in [0.25, 0.3) is 0 Å². The molecule has 0 atom stereocenters. The molecule has 0 radical (unpaired) electrons. The number of nitrogens with zero attached hydrogens (tertiary/aromatic N) is 2. The van der Waals surface area contributed by atoms with Crippen molar-refractivity contribution in [2.75, 3.05) is 0 Å². The molecule has 4 nitrogen and oxygen atoms in total. The van der Waals surface area contributed by atoms with Crippen LogP contribution in [0.1, 0.15) is 31.2 Å². The van der Waals surface area contributed by atoms with Gasteiger partial charge in [-0.2, -0.15) is 5.26 Å². The molecule has 0 amide bonds. The van der Waals surface area contributed by atoms with E-state index in [0.717, 1.165) is 25.7 Å². The molecule has 5 heteroatoms. The Balaban J connectivity index is 0.00000144. The van der Waals surface area contributed by atoms with E-state index < -0.39 is 0 Å². The Morgan fingerprint density at radius 3 is 2.71 bits per heavy atom. The van der Waals surface area contributed by atoms with Gasteiger partial charge in [0.05, 0.1) is 0 Å². The number of ether oxygens (including phenoxy) is 1. The van der Waals surface area contributed by atoms with E-state index in [1.54, 1.807) is 18.3 Å². The van der Waals surface area contributed by atoms with Gasteiger partial charge in [0.2, 0.25) is 5.88 Å². The minimum Gasteiger partial charge on any atom is -0.473 e. The third-order valence-electron chi connectivity index (χ3n) is 2.89. The second-order valence-electron chi connectivity index (χ2n) is 4.12. The molecule has 2 rings (SSSR count). The van der Waals surface area contributed by atoms with E-state index in [1.165, 1.54) is 0 Å². The lowest BCUT2D eigenvalue weighted by Gasteiger charge is -2.26. The summed E-state index contributed by atoms with van der Waals surface area (Å²) in [5, 5.41) is 8.90. The number of pyridine rings is 1. The van der Waals surface area contributed by atoms with Gasteiger partial charge in [-0.05, 0) is 37.8 Å². The van der Waals surface area contributed by atoms with Gasteiger partial charge in [-0.25, -0.2) is 4.98 Å². The van der Waals surface area contributed by atoms with E-state index >= 15 is 0 Å². The minimum absolute atomic E-state index is 0. The van der Waals surface area contributed by atoms with Crippen LogP contribution >= 0.6 is 12.4 Å². The minimum atomic E-state index is 0. The second kappa shape index (κ2) is 6.43. The molecule has 0 aliphatic heterocycles. The highest BCUT2D eigenvalue weighted by Crippen LogP contribution is 2.23. The van der Waals surface area contributed by atoms with E-state index in [2.05, 4.69) is 11.1 Å². The van der Waals surface area contributed by atoms with Crippen LogP contribution in [-0.2, 0) is 0 Å². The number of nitrogens with two attached hydrogens (primary N) is 1. The lowest BCUT2D eigenvalue weighted by Crippen LogP contribution is -2.32. The standard InChI is InChI=1S/C12H15N3O.ClH/c13-8-9-2-1-7-15-12(9)16-11-5-3-10(14)4-6-11;/h1-2,7,10-11H,3-6,14H2;1H. The molecular formula is C12H16ClN3O. The third-order valence-corrected chi connectivity index (χ3v) is 2.89. The molecule has 1 aromatic rings. The van der Waals surface area contributed by atoms with E-state index in [1.807, 2.05) is 0 Å². The first-order valence-corrected chi connectivity index (χ1v) is 5.57. The zero-order chi connectivity index (χ0) is 11.4. The Labute approximate surface area is 107 Å². The monoisotopic (exact) mass is 253 g/mol. The number of nitriles is 1. The highest BCUT2D eigenvalue weighted by molar-refractivity contribution is 5.85. The Bertz CT molecular complexity index is 397. The molecule has 0 aromatic carbocycles. The van der Waals surface area contributed by atoms with E-state index in [0.29, 0.717) is 17.5 Å². The summed E-state index contributed by atoms with van der Waals surface area (Å²) in [6, 6.07) is 5.84. The maximum atomic E-state index is 8.90. The average molecular weight is 254 g/mol. The number of rotatable bonds is 2. The van der Waals surface area contributed by atoms with Crippen molar-refractivity contribution in [2.24, 2.45) is 5.73 Å². The molecule has 1 saturated carbocycles. The van der Waals surface area contributed by atoms with Gasteiger partial charge in [0.15, 0.2) is 0 Å². The Morgan fingerprint density at radius 2 is 2.06 bits per heavy atom. The normalized spacial score (nSPS) is 23.3. The van der Waals surface area contributed by atoms with Gasteiger partial charge in [-0.3, -0.25) is 0 Å². The van der Waals surface area contributed by atoms with Crippen molar-refractivity contribution in [1.29, 1.82) is 5.26 Å². The summed E-state index contributed by atoms with van der Waals surface area (Å²) in [5.41, 5.74) is 6.32. The molecule has 0 saturated heterocycles. The summed E-state index contributed by atoms with van der Waals surface area (Å²) < 4.78 is 5.74. The fourth-order valence-corrected chi connectivity index (χ4v) is 1.93. The highest BCUT2D eigenvalue weighted by Gasteiger charge is 2.21. The lowest BCUT2D eigenvalue weighted by molar-refractivity contribution is 0.141. The van der Waals surface area contributed by atoms with Gasteiger partial charge in [0.25, 0.3) is 0 Å². The van der Waals surface area contributed by atoms with Crippen LogP contribution in [0.5, 0.6) is 5.88 Å². The summed E-state index contributed by atoms with van der Waals surface area (Å²) in [6.45, 7) is 0. The van der Waals surface area contributed by atoms with Crippen LogP contribution in [-0.4, -0.2) is 17.1 Å². The second-order valence-corrected chi connectivity index (χ2v) is 4.12. The van der Waals surface area contributed by atoms with Gasteiger partial charge < -0.3 is 10.5 Å². The fraction of sp³-hybridized carbons (Fsp3) is 0.500. The number of halogens is 1. The first-order chi connectivity index (χ1) is 7.79. The van der Waals surface area contributed by atoms with Crippen LogP contribution in [0, 0.1) is 11.3 Å². The SMILES string of the molecule is Cl.N#Cc1cccnc1OC1CCC(N)CC1. The van der Waals surface area contributed by atoms with Gasteiger partial charge in [0, 0.05) is 12.2 Å². The molecule has 1 fully saturated rings. The van der Waals surface area contributed by atoms with Crippen LogP contribution in [0.2, 0.25) is 0 Å². The summed E-state index contributed by atoms with van der Waals surface area (Å²) in [6.07, 6.45) is 5.66. The zero-order valence-corrected chi connectivity index (χ0v) is 10.3. The largest absolute Gasteiger partial charge is 0.473 e. The zero-order valence-electron chi connectivity index (χ0n) is 9.50. The summed E-state index contributed by atoms with van der Waals surface area (Å²) in [4.78, 5) is 4.09. The summed E-state index contributed by atoms with van der Waals surface area (Å²) in [7, 11) is 0. The average Bonchev–Trinajstić information content (AvgIpc) is 2.33. The Kier molecular flexibility index (Phi) is 5.20. The summed E-state index contributed by atoms with van der Waals surface area (Å²) >= 11 is 0. The maximum Gasteiger partial charge on any atom is 0.231 e. The molecule has 92 valence electrons. The first-order valence-electron chi connectivity index (χ1n) is 5.57. The van der Waals surface area contributed by atoms with E-state index in [9.17, 15) is 0 Å². The van der Waals surface area contributed by atoms with Gasteiger partial charge in [0.1, 0.15) is 17.7 Å². The molecule has 1 aliphatic carbocycles. The third kappa shape index (κ3) is 3.58. The molecule has 2 N–H and O–H groups in total. The highest BCUT2D eigenvalue weighted by atomic mass is 35.5. The topological polar surface area (TPSA) is 71.9 Å². The first kappa shape index (κ1) is 13.8. The van der Waals surface area contributed by atoms with Crippen molar-refractivity contribution >= 4 is 12.4 Å². The van der Waals surface area contributed by atoms with Crippen LogP contribution in [0.4, 0.5) is 0 Å². The van der Waals surface area contributed by atoms with Crippen molar-refractivity contribution in [3.8, 4) is 11.9 Å². The van der Waals surface area contributed by atoms with Crippen molar-refractivity contribution in [3.05, 3.63) is 23.9 Å². The predicted octanol–water partition coefficient (Wildman–Crippen LogP) is 2.02. The molecule has 0 bridgehead atoms. The fourth-order valence-electron chi connectivity index (χ4n) is 1.93. The van der Waals surface area contributed by atoms with Crippen molar-refractivity contribution < 1.29 is 4.74 Å². The Hall–Kier alpha value is -1.31. The van der Waals surface area contributed by atoms with Crippen molar-refractivity contribution in [2.45, 2.75) is 37.8 Å². The molecule has 1 heterocycles. The maximum absolute atomic E-state index is 8.90. The molecule has 1 aliphatic rings. The molecule has 0 spiro atoms. The van der Waals surface area contributed by atoms with Gasteiger partial charge in [-0.1, -0.05) is 0 Å². The molecule has 0 unspecified atom stereocenters. The predicted molar refractivity (Wildman–Crippen MR) is 67.1 cm³/mol. The van der Waals surface area contributed by atoms with Crippen molar-refractivity contribution in [3.63, 3.8) is 0 Å². The van der Waals surface area contributed by atoms with Crippen LogP contribution in [0.15, 0.2) is 18.3 Å². The number of hydrogen-bond acceptors (Lipinski definition) is 4. The van der Waals surface area contributed by atoms with Crippen LogP contribution < -0.4 is 10.5 Å². The molecule has 17 heavy (non-hydrogen) atoms. The quantitative estimate of drug-likeness (QED) is 0.875. The van der Waals surface area contributed by atoms with Crippen molar-refractivity contribution in [1.82, 2.24) is 4.98 Å². The van der Waals surface area contributed by atoms with Crippen LogP contribution in [0.3, 0.4) is 0 Å². The number of aromatic nitrogens is 1.